The van der Waals surface area contributed by atoms with E-state index >= 15 is 0 Å². The molecule has 29 heavy (non-hydrogen) atoms. The highest BCUT2D eigenvalue weighted by Crippen LogP contribution is 2.18. The molecule has 4 aromatic rings. The highest BCUT2D eigenvalue weighted by Gasteiger charge is 2.12. The molecule has 0 radical (unpaired) electrons. The molecular formula is C21H16FN3O3S. The Bertz CT molecular complexity index is 1350. The molecule has 146 valence electrons. The van der Waals surface area contributed by atoms with Crippen molar-refractivity contribution < 1.29 is 9.13 Å². The molecule has 6 nitrogen and oxygen atoms in total. The molecule has 2 aromatic heterocycles. The largest absolute Gasteiger partial charge is 0.493 e. The number of ether oxygens (including phenoxy) is 1. The Hall–Kier alpha value is -3.39. The highest BCUT2D eigenvalue weighted by molar-refractivity contribution is 7.15. The summed E-state index contributed by atoms with van der Waals surface area (Å²) in [6.07, 6.45) is 1.87. The normalized spacial score (nSPS) is 11.9. The molecule has 0 N–H and O–H groups in total. The molecule has 0 fully saturated rings. The predicted molar refractivity (Wildman–Crippen MR) is 109 cm³/mol. The lowest BCUT2D eigenvalue weighted by Gasteiger charge is -2.05. The van der Waals surface area contributed by atoms with Gasteiger partial charge in [-0.1, -0.05) is 41.7 Å². The number of nitrogens with zero attached hydrogens (tertiary/aromatic N) is 3. The summed E-state index contributed by atoms with van der Waals surface area (Å²) in [6, 6.07) is 13.1. The van der Waals surface area contributed by atoms with E-state index in [1.165, 1.54) is 12.1 Å². The van der Waals surface area contributed by atoms with Crippen LogP contribution in [0.1, 0.15) is 23.7 Å². The molecule has 0 amide bonds. The van der Waals surface area contributed by atoms with Gasteiger partial charge in [-0.3, -0.25) is 9.59 Å². The van der Waals surface area contributed by atoms with Crippen molar-refractivity contribution in [1.82, 2.24) is 14.6 Å². The van der Waals surface area contributed by atoms with Crippen LogP contribution in [0.4, 0.5) is 4.39 Å². The SMILES string of the molecule is CCOc1ccccc1/C=c1\sc2nc(=O)c(Cc3ccc(F)cc3)nn2c1=O. The van der Waals surface area contributed by atoms with Crippen LogP contribution in [0.3, 0.4) is 0 Å². The van der Waals surface area contributed by atoms with Crippen LogP contribution < -0.4 is 20.4 Å². The van der Waals surface area contributed by atoms with E-state index in [0.717, 1.165) is 21.4 Å². The summed E-state index contributed by atoms with van der Waals surface area (Å²) in [4.78, 5) is 29.4. The maximum atomic E-state index is 13.1. The van der Waals surface area contributed by atoms with Gasteiger partial charge in [-0.15, -0.1) is 0 Å². The van der Waals surface area contributed by atoms with Gasteiger partial charge in [-0.05, 0) is 36.8 Å². The lowest BCUT2D eigenvalue weighted by molar-refractivity contribution is 0.339. The second-order valence-corrected chi connectivity index (χ2v) is 7.26. The third-order valence-electron chi connectivity index (χ3n) is 4.24. The molecular weight excluding hydrogens is 393 g/mol. The topological polar surface area (TPSA) is 73.6 Å². The minimum absolute atomic E-state index is 0.130. The molecule has 0 aliphatic carbocycles. The zero-order chi connectivity index (χ0) is 20.4. The molecule has 0 saturated carbocycles. The van der Waals surface area contributed by atoms with Gasteiger partial charge in [-0.2, -0.15) is 14.6 Å². The third kappa shape index (κ3) is 3.93. The van der Waals surface area contributed by atoms with Gasteiger partial charge in [0.2, 0.25) is 4.96 Å². The van der Waals surface area contributed by atoms with Crippen molar-refractivity contribution in [1.29, 1.82) is 0 Å². The van der Waals surface area contributed by atoms with Gasteiger partial charge in [0.25, 0.3) is 11.1 Å². The van der Waals surface area contributed by atoms with Crippen molar-refractivity contribution in [3.8, 4) is 5.75 Å². The average molecular weight is 409 g/mol. The van der Waals surface area contributed by atoms with Crippen LogP contribution in [-0.4, -0.2) is 21.2 Å². The van der Waals surface area contributed by atoms with Gasteiger partial charge in [0.1, 0.15) is 17.3 Å². The standard InChI is InChI=1S/C21H16FN3O3S/c1-2-28-17-6-4-3-5-14(17)12-18-20(27)25-21(29-18)23-19(26)16(24-25)11-13-7-9-15(22)10-8-13/h3-10,12H,2,11H2,1H3/b18-12-. The molecule has 0 saturated heterocycles. The summed E-state index contributed by atoms with van der Waals surface area (Å²) in [5.41, 5.74) is 0.733. The van der Waals surface area contributed by atoms with Crippen molar-refractivity contribution in [2.24, 2.45) is 0 Å². The molecule has 0 atom stereocenters. The number of fused-ring (bicyclic) bond motifs is 1. The highest BCUT2D eigenvalue weighted by atomic mass is 32.1. The minimum atomic E-state index is -0.503. The lowest BCUT2D eigenvalue weighted by Crippen LogP contribution is -2.28. The Balaban J connectivity index is 1.79. The second kappa shape index (κ2) is 7.92. The first-order valence-corrected chi connectivity index (χ1v) is 9.77. The van der Waals surface area contributed by atoms with Gasteiger partial charge >= 0.3 is 0 Å². The number of benzene rings is 2. The fourth-order valence-corrected chi connectivity index (χ4v) is 3.77. The van der Waals surface area contributed by atoms with Crippen LogP contribution in [0.15, 0.2) is 58.1 Å². The molecule has 2 aromatic carbocycles. The number of aromatic nitrogens is 3. The van der Waals surface area contributed by atoms with Crippen molar-refractivity contribution in [3.05, 3.63) is 96.4 Å². The van der Waals surface area contributed by atoms with E-state index in [2.05, 4.69) is 10.1 Å². The Kier molecular flexibility index (Phi) is 5.18. The van der Waals surface area contributed by atoms with E-state index in [9.17, 15) is 14.0 Å². The van der Waals surface area contributed by atoms with Gasteiger partial charge < -0.3 is 4.74 Å². The van der Waals surface area contributed by atoms with Crippen LogP contribution in [0.2, 0.25) is 0 Å². The number of thiazole rings is 1. The van der Waals surface area contributed by atoms with Gasteiger partial charge in [0.05, 0.1) is 11.1 Å². The lowest BCUT2D eigenvalue weighted by atomic mass is 10.1. The number of hydrogen-bond acceptors (Lipinski definition) is 6. The molecule has 0 unspecified atom stereocenters. The van der Waals surface area contributed by atoms with Crippen LogP contribution >= 0.6 is 11.3 Å². The summed E-state index contributed by atoms with van der Waals surface area (Å²) < 4.78 is 20.2. The fourth-order valence-electron chi connectivity index (χ4n) is 2.88. The quantitative estimate of drug-likeness (QED) is 0.505. The van der Waals surface area contributed by atoms with Crippen molar-refractivity contribution in [2.75, 3.05) is 6.61 Å². The fraction of sp³-hybridized carbons (Fsp3) is 0.143. The first kappa shape index (κ1) is 18.9. The molecule has 0 bridgehead atoms. The molecule has 8 heteroatoms. The first-order chi connectivity index (χ1) is 14.0. The van der Waals surface area contributed by atoms with Crippen molar-refractivity contribution in [3.63, 3.8) is 0 Å². The summed E-state index contributed by atoms with van der Waals surface area (Å²) in [5, 5.41) is 4.21. The number of rotatable bonds is 5. The molecule has 4 rings (SSSR count). The number of halogens is 1. The van der Waals surface area contributed by atoms with E-state index in [1.807, 2.05) is 31.2 Å². The first-order valence-electron chi connectivity index (χ1n) is 8.96. The Labute approximate surface area is 168 Å². The smallest absolute Gasteiger partial charge is 0.296 e. The van der Waals surface area contributed by atoms with E-state index in [-0.39, 0.29) is 28.5 Å². The summed E-state index contributed by atoms with van der Waals surface area (Å²) >= 11 is 1.09. The molecule has 0 aliphatic rings. The Morgan fingerprint density at radius 1 is 1.14 bits per heavy atom. The molecule has 2 heterocycles. The Morgan fingerprint density at radius 3 is 2.66 bits per heavy atom. The van der Waals surface area contributed by atoms with Crippen molar-refractivity contribution >= 4 is 22.4 Å². The summed E-state index contributed by atoms with van der Waals surface area (Å²) in [7, 11) is 0. The van der Waals surface area contributed by atoms with Gasteiger partial charge in [0.15, 0.2) is 0 Å². The minimum Gasteiger partial charge on any atom is -0.493 e. The van der Waals surface area contributed by atoms with Crippen LogP contribution in [0.5, 0.6) is 5.75 Å². The van der Waals surface area contributed by atoms with E-state index < -0.39 is 5.56 Å². The zero-order valence-electron chi connectivity index (χ0n) is 15.5. The average Bonchev–Trinajstić information content (AvgIpc) is 3.00. The molecule has 0 spiro atoms. The van der Waals surface area contributed by atoms with Crippen molar-refractivity contribution in [2.45, 2.75) is 13.3 Å². The maximum absolute atomic E-state index is 13.1. The zero-order valence-corrected chi connectivity index (χ0v) is 16.3. The van der Waals surface area contributed by atoms with Gasteiger partial charge in [-0.25, -0.2) is 4.39 Å². The van der Waals surface area contributed by atoms with Crippen LogP contribution in [-0.2, 0) is 6.42 Å². The van der Waals surface area contributed by atoms with Crippen LogP contribution in [0.25, 0.3) is 11.0 Å². The van der Waals surface area contributed by atoms with E-state index in [1.54, 1.807) is 18.2 Å². The Morgan fingerprint density at radius 2 is 1.90 bits per heavy atom. The van der Waals surface area contributed by atoms with Crippen LogP contribution in [0, 0.1) is 5.82 Å². The summed E-state index contributed by atoms with van der Waals surface area (Å²) in [6.45, 7) is 2.39. The van der Waals surface area contributed by atoms with E-state index in [0.29, 0.717) is 22.5 Å². The predicted octanol–water partition coefficient (Wildman–Crippen LogP) is 2.19. The number of hydrogen-bond donors (Lipinski definition) is 0. The third-order valence-corrected chi connectivity index (χ3v) is 5.20. The second-order valence-electron chi connectivity index (χ2n) is 6.25. The monoisotopic (exact) mass is 409 g/mol. The number of para-hydroxylation sites is 1. The maximum Gasteiger partial charge on any atom is 0.296 e. The summed E-state index contributed by atoms with van der Waals surface area (Å²) in [5.74, 6) is 0.304. The van der Waals surface area contributed by atoms with Gasteiger partial charge in [0, 0.05) is 12.0 Å². The molecule has 0 aliphatic heterocycles. The van der Waals surface area contributed by atoms with E-state index in [4.69, 9.17) is 4.74 Å².